The van der Waals surface area contributed by atoms with E-state index in [0.717, 1.165) is 11.0 Å². The Labute approximate surface area is 145 Å². The second-order valence-electron chi connectivity index (χ2n) is 5.50. The molecule has 0 aliphatic heterocycles. The molecule has 0 bridgehead atoms. The molecule has 0 aliphatic carbocycles. The van der Waals surface area contributed by atoms with Crippen molar-refractivity contribution in [2.75, 3.05) is 21.1 Å². The summed E-state index contributed by atoms with van der Waals surface area (Å²) in [5.74, 6) is -3.54. The number of aliphatic hydroxyl groups is 2. The SMILES string of the molecule is C[N+](C)(C)Cc1ccccc1.O=C(O)C(O)C(O)C(=O)O.[Fe].[OH-]. The molecule has 0 heterocycles. The summed E-state index contributed by atoms with van der Waals surface area (Å²) in [6.45, 7) is 1.10. The number of hydrogen-bond acceptors (Lipinski definition) is 5. The van der Waals surface area contributed by atoms with E-state index in [0.29, 0.717) is 0 Å². The number of carboxylic acids is 2. The van der Waals surface area contributed by atoms with Gasteiger partial charge >= 0.3 is 11.9 Å². The van der Waals surface area contributed by atoms with Crippen LogP contribution < -0.4 is 0 Å². The molecule has 5 N–H and O–H groups in total. The number of aliphatic hydroxyl groups excluding tert-OH is 2. The van der Waals surface area contributed by atoms with E-state index >= 15 is 0 Å². The summed E-state index contributed by atoms with van der Waals surface area (Å²) in [4.78, 5) is 19.5. The number of quaternary nitrogens is 1. The van der Waals surface area contributed by atoms with Gasteiger partial charge < -0.3 is 30.4 Å². The molecule has 0 saturated heterocycles. The van der Waals surface area contributed by atoms with Gasteiger partial charge in [0.05, 0.1) is 21.1 Å². The van der Waals surface area contributed by atoms with Crippen molar-refractivity contribution in [2.24, 2.45) is 0 Å². The third kappa shape index (κ3) is 12.7. The van der Waals surface area contributed by atoms with Crippen LogP contribution in [-0.4, -0.2) is 75.7 Å². The quantitative estimate of drug-likeness (QED) is 0.406. The summed E-state index contributed by atoms with van der Waals surface area (Å²) in [5.41, 5.74) is 1.40. The fourth-order valence-electron chi connectivity index (χ4n) is 1.40. The monoisotopic (exact) mass is 373 g/mol. The summed E-state index contributed by atoms with van der Waals surface area (Å²) in [7, 11) is 6.60. The Bertz CT molecular complexity index is 444. The van der Waals surface area contributed by atoms with E-state index in [4.69, 9.17) is 20.4 Å². The van der Waals surface area contributed by atoms with Crippen molar-refractivity contribution in [1.82, 2.24) is 0 Å². The summed E-state index contributed by atoms with van der Waals surface area (Å²) in [5, 5.41) is 32.5. The Kier molecular flexibility index (Phi) is 13.8. The molecule has 0 saturated carbocycles. The van der Waals surface area contributed by atoms with Gasteiger partial charge in [-0.15, -0.1) is 0 Å². The molecule has 1 aromatic carbocycles. The van der Waals surface area contributed by atoms with Crippen LogP contribution in [-0.2, 0) is 33.2 Å². The van der Waals surface area contributed by atoms with Crippen molar-refractivity contribution >= 4 is 11.9 Å². The number of carboxylic acid groups (broad SMARTS) is 2. The van der Waals surface area contributed by atoms with Crippen molar-refractivity contribution in [2.45, 2.75) is 18.8 Å². The standard InChI is InChI=1S/C10H16N.C4H6O6.Fe.H2O/c1-11(2,3)9-10-7-5-4-6-8-10;5-1(3(7)8)2(6)4(9)10;;/h4-8H,9H2,1-3H3;1-2,5-6H,(H,7,8)(H,9,10);;1H2/q+1;;;/p-1. The van der Waals surface area contributed by atoms with E-state index < -0.39 is 24.1 Å². The topological polar surface area (TPSA) is 145 Å². The number of hydrogen-bond donors (Lipinski definition) is 4. The molecule has 2 atom stereocenters. The molecule has 0 radical (unpaired) electrons. The zero-order chi connectivity index (χ0) is 16.6. The molecule has 1 aromatic rings. The summed E-state index contributed by atoms with van der Waals surface area (Å²) in [6, 6.07) is 10.6. The van der Waals surface area contributed by atoms with Gasteiger partial charge in [-0.25, -0.2) is 9.59 Å². The number of aliphatic carboxylic acids is 2. The molecule has 134 valence electrons. The third-order valence-corrected chi connectivity index (χ3v) is 2.30. The van der Waals surface area contributed by atoms with Gasteiger partial charge in [0.2, 0.25) is 0 Å². The molecular formula is C14H23FeNO7. The molecule has 0 spiro atoms. The molecule has 0 amide bonds. The van der Waals surface area contributed by atoms with E-state index in [9.17, 15) is 9.59 Å². The number of carbonyl (C=O) groups is 2. The third-order valence-electron chi connectivity index (χ3n) is 2.30. The van der Waals surface area contributed by atoms with E-state index in [2.05, 4.69) is 51.5 Å². The normalized spacial score (nSPS) is 12.4. The first-order valence-electron chi connectivity index (χ1n) is 6.20. The number of rotatable bonds is 5. The predicted octanol–water partition coefficient (Wildman–Crippen LogP) is -0.409. The molecule has 23 heavy (non-hydrogen) atoms. The van der Waals surface area contributed by atoms with E-state index in [-0.39, 0.29) is 22.5 Å². The molecule has 2 unspecified atom stereocenters. The van der Waals surface area contributed by atoms with Crippen LogP contribution in [0.5, 0.6) is 0 Å². The van der Waals surface area contributed by atoms with Crippen molar-refractivity contribution in [3.8, 4) is 0 Å². The Morgan fingerprint density at radius 3 is 1.57 bits per heavy atom. The van der Waals surface area contributed by atoms with Gasteiger partial charge in [-0.05, 0) is 0 Å². The van der Waals surface area contributed by atoms with E-state index in [1.54, 1.807) is 0 Å². The van der Waals surface area contributed by atoms with Crippen molar-refractivity contribution < 1.29 is 57.0 Å². The molecular weight excluding hydrogens is 350 g/mol. The molecule has 0 fully saturated rings. The zero-order valence-corrected chi connectivity index (χ0v) is 14.2. The summed E-state index contributed by atoms with van der Waals surface area (Å²) in [6.07, 6.45) is -4.53. The zero-order valence-electron chi connectivity index (χ0n) is 13.1. The van der Waals surface area contributed by atoms with E-state index in [1.165, 1.54) is 5.56 Å². The number of nitrogens with zero attached hydrogens (tertiary/aromatic N) is 1. The first kappa shape index (κ1) is 26.4. The van der Waals surface area contributed by atoms with Gasteiger partial charge in [0.15, 0.2) is 12.2 Å². The fraction of sp³-hybridized carbons (Fsp3) is 0.429. The first-order chi connectivity index (χ1) is 9.54. The summed E-state index contributed by atoms with van der Waals surface area (Å²) >= 11 is 0. The van der Waals surface area contributed by atoms with Crippen LogP contribution in [0.25, 0.3) is 0 Å². The van der Waals surface area contributed by atoms with Gasteiger partial charge in [-0.1, -0.05) is 30.3 Å². The summed E-state index contributed by atoms with van der Waals surface area (Å²) < 4.78 is 0.990. The largest absolute Gasteiger partial charge is 0.870 e. The maximum absolute atomic E-state index is 9.77. The minimum absolute atomic E-state index is 0. The Morgan fingerprint density at radius 1 is 0.957 bits per heavy atom. The number of benzene rings is 1. The fourth-order valence-corrected chi connectivity index (χ4v) is 1.40. The van der Waals surface area contributed by atoms with E-state index in [1.807, 2.05) is 0 Å². The van der Waals surface area contributed by atoms with Gasteiger partial charge in [0.1, 0.15) is 6.54 Å². The van der Waals surface area contributed by atoms with Crippen LogP contribution in [0.4, 0.5) is 0 Å². The molecule has 0 aliphatic rings. The second-order valence-corrected chi connectivity index (χ2v) is 5.50. The van der Waals surface area contributed by atoms with Gasteiger partial charge in [0, 0.05) is 22.6 Å². The average molecular weight is 373 g/mol. The van der Waals surface area contributed by atoms with Crippen molar-refractivity contribution in [1.29, 1.82) is 0 Å². The van der Waals surface area contributed by atoms with Crippen LogP contribution in [0.15, 0.2) is 30.3 Å². The van der Waals surface area contributed by atoms with Crippen molar-refractivity contribution in [3.05, 3.63) is 35.9 Å². The molecule has 1 rings (SSSR count). The predicted molar refractivity (Wildman–Crippen MR) is 77.4 cm³/mol. The van der Waals surface area contributed by atoms with Crippen LogP contribution in [0.2, 0.25) is 0 Å². The van der Waals surface area contributed by atoms with Crippen LogP contribution in [0.3, 0.4) is 0 Å². The first-order valence-corrected chi connectivity index (χ1v) is 6.20. The van der Waals surface area contributed by atoms with Gasteiger partial charge in [0.25, 0.3) is 0 Å². The molecule has 0 aromatic heterocycles. The molecule has 8 nitrogen and oxygen atoms in total. The minimum atomic E-state index is -2.27. The average Bonchev–Trinajstić information content (AvgIpc) is 2.36. The van der Waals surface area contributed by atoms with Crippen LogP contribution in [0, 0.1) is 0 Å². The van der Waals surface area contributed by atoms with Gasteiger partial charge in [-0.3, -0.25) is 0 Å². The maximum atomic E-state index is 9.77. The minimum Gasteiger partial charge on any atom is -0.870 e. The second kappa shape index (κ2) is 12.0. The van der Waals surface area contributed by atoms with Crippen molar-refractivity contribution in [3.63, 3.8) is 0 Å². The van der Waals surface area contributed by atoms with Crippen LogP contribution >= 0.6 is 0 Å². The van der Waals surface area contributed by atoms with Crippen LogP contribution in [0.1, 0.15) is 5.56 Å². The van der Waals surface area contributed by atoms with Gasteiger partial charge in [-0.2, -0.15) is 0 Å². The maximum Gasteiger partial charge on any atom is 0.335 e. The Morgan fingerprint density at radius 2 is 1.30 bits per heavy atom. The Hall–Kier alpha value is -1.48. The smallest absolute Gasteiger partial charge is 0.335 e. The molecule has 9 heteroatoms. The Balaban J connectivity index is -0.000000322.